The van der Waals surface area contributed by atoms with Gasteiger partial charge in [0.1, 0.15) is 0 Å². The molecular weight excluding hydrogens is 198 g/mol. The van der Waals surface area contributed by atoms with Gasteiger partial charge in [-0.3, -0.25) is 0 Å². The molecule has 0 unspecified atom stereocenters. The van der Waals surface area contributed by atoms with Crippen LogP contribution in [0.25, 0.3) is 0 Å². The Labute approximate surface area is 97.4 Å². The fraction of sp³-hybridized carbons (Fsp3) is 0.538. The minimum absolute atomic E-state index is 0.665. The zero-order valence-electron chi connectivity index (χ0n) is 9.95. The molecule has 3 nitrogen and oxygen atoms in total. The third-order valence-electron chi connectivity index (χ3n) is 3.52. The quantitative estimate of drug-likeness (QED) is 0.768. The molecule has 4 N–H and O–H groups in total. The number of hydrogen-bond acceptors (Lipinski definition) is 3. The van der Waals surface area contributed by atoms with Gasteiger partial charge in [0.05, 0.1) is 11.4 Å². The average Bonchev–Trinajstić information content (AvgIpc) is 2.74. The first kappa shape index (κ1) is 11.1. The second-order valence-electron chi connectivity index (χ2n) is 4.84. The molecule has 1 aliphatic carbocycles. The number of benzene rings is 1. The Balaban J connectivity index is 2.02. The molecular formula is C13H21N3. The van der Waals surface area contributed by atoms with E-state index < -0.39 is 0 Å². The van der Waals surface area contributed by atoms with E-state index in [9.17, 15) is 0 Å². The number of hydrogen-bond donors (Lipinski definition) is 2. The largest absolute Gasteiger partial charge is 0.397 e. The summed E-state index contributed by atoms with van der Waals surface area (Å²) in [5.41, 5.74) is 14.0. The maximum Gasteiger partial charge on any atom is 0.0568 e. The number of anilines is 3. The van der Waals surface area contributed by atoms with E-state index in [1.54, 1.807) is 0 Å². The molecule has 0 atom stereocenters. The standard InChI is InChI=1S/C13H21N3/c1-16(9-10-4-2-3-5-10)11-6-7-12(14)13(15)8-11/h6-8,10H,2-5,9,14-15H2,1H3. The van der Waals surface area contributed by atoms with Crippen LogP contribution < -0.4 is 16.4 Å². The molecule has 16 heavy (non-hydrogen) atoms. The summed E-state index contributed by atoms with van der Waals surface area (Å²) in [6.45, 7) is 1.13. The van der Waals surface area contributed by atoms with Gasteiger partial charge in [0, 0.05) is 19.3 Å². The van der Waals surface area contributed by atoms with Crippen molar-refractivity contribution >= 4 is 17.1 Å². The van der Waals surface area contributed by atoms with E-state index in [1.165, 1.54) is 31.4 Å². The lowest BCUT2D eigenvalue weighted by atomic mass is 10.1. The highest BCUT2D eigenvalue weighted by Gasteiger charge is 2.17. The molecule has 2 rings (SSSR count). The third-order valence-corrected chi connectivity index (χ3v) is 3.52. The Morgan fingerprint density at radius 1 is 1.19 bits per heavy atom. The summed E-state index contributed by atoms with van der Waals surface area (Å²) in [4.78, 5) is 2.28. The minimum Gasteiger partial charge on any atom is -0.397 e. The fourth-order valence-electron chi connectivity index (χ4n) is 2.49. The molecule has 3 heteroatoms. The zero-order chi connectivity index (χ0) is 11.5. The van der Waals surface area contributed by atoms with Gasteiger partial charge in [-0.05, 0) is 37.0 Å². The molecule has 0 radical (unpaired) electrons. The van der Waals surface area contributed by atoms with Crippen molar-refractivity contribution in [2.45, 2.75) is 25.7 Å². The first-order chi connectivity index (χ1) is 7.66. The van der Waals surface area contributed by atoms with E-state index in [0.29, 0.717) is 11.4 Å². The lowest BCUT2D eigenvalue weighted by molar-refractivity contribution is 0.547. The van der Waals surface area contributed by atoms with Crippen LogP contribution in [0.15, 0.2) is 18.2 Å². The first-order valence-corrected chi connectivity index (χ1v) is 6.03. The molecule has 0 amide bonds. The van der Waals surface area contributed by atoms with Crippen LogP contribution in [-0.4, -0.2) is 13.6 Å². The predicted molar refractivity (Wildman–Crippen MR) is 70.5 cm³/mol. The minimum atomic E-state index is 0.665. The number of nitrogens with zero attached hydrogens (tertiary/aromatic N) is 1. The van der Waals surface area contributed by atoms with Crippen molar-refractivity contribution in [2.24, 2.45) is 5.92 Å². The van der Waals surface area contributed by atoms with Crippen molar-refractivity contribution in [2.75, 3.05) is 30.0 Å². The van der Waals surface area contributed by atoms with E-state index in [0.717, 1.165) is 12.5 Å². The summed E-state index contributed by atoms with van der Waals surface area (Å²) < 4.78 is 0. The van der Waals surface area contributed by atoms with Crippen LogP contribution in [0.1, 0.15) is 25.7 Å². The molecule has 1 aromatic carbocycles. The molecule has 0 heterocycles. The Kier molecular flexibility index (Phi) is 3.22. The SMILES string of the molecule is CN(CC1CCCC1)c1ccc(N)c(N)c1. The second kappa shape index (κ2) is 4.64. The number of rotatable bonds is 3. The van der Waals surface area contributed by atoms with Crippen LogP contribution in [0.3, 0.4) is 0 Å². The van der Waals surface area contributed by atoms with E-state index in [2.05, 4.69) is 11.9 Å². The Morgan fingerprint density at radius 2 is 1.88 bits per heavy atom. The van der Waals surface area contributed by atoms with Gasteiger partial charge in [0.15, 0.2) is 0 Å². The van der Waals surface area contributed by atoms with Gasteiger partial charge in [-0.2, -0.15) is 0 Å². The first-order valence-electron chi connectivity index (χ1n) is 6.03. The molecule has 88 valence electrons. The highest BCUT2D eigenvalue weighted by molar-refractivity contribution is 5.69. The van der Waals surface area contributed by atoms with Gasteiger partial charge in [0.2, 0.25) is 0 Å². The third kappa shape index (κ3) is 2.40. The van der Waals surface area contributed by atoms with Gasteiger partial charge < -0.3 is 16.4 Å². The molecule has 0 aromatic heterocycles. The van der Waals surface area contributed by atoms with Crippen LogP contribution in [-0.2, 0) is 0 Å². The van der Waals surface area contributed by atoms with Crippen LogP contribution in [0.4, 0.5) is 17.1 Å². The van der Waals surface area contributed by atoms with Crippen LogP contribution in [0.2, 0.25) is 0 Å². The van der Waals surface area contributed by atoms with Gasteiger partial charge in [-0.1, -0.05) is 12.8 Å². The van der Waals surface area contributed by atoms with Crippen LogP contribution >= 0.6 is 0 Å². The summed E-state index contributed by atoms with van der Waals surface area (Å²) in [6, 6.07) is 5.89. The molecule has 1 saturated carbocycles. The molecule has 0 saturated heterocycles. The lowest BCUT2D eigenvalue weighted by Crippen LogP contribution is -2.24. The van der Waals surface area contributed by atoms with Gasteiger partial charge >= 0.3 is 0 Å². The zero-order valence-corrected chi connectivity index (χ0v) is 9.95. The molecule has 1 aliphatic rings. The van der Waals surface area contributed by atoms with E-state index >= 15 is 0 Å². The summed E-state index contributed by atoms with van der Waals surface area (Å²) in [5, 5.41) is 0. The summed E-state index contributed by atoms with van der Waals surface area (Å²) in [6.07, 6.45) is 5.52. The summed E-state index contributed by atoms with van der Waals surface area (Å²) in [7, 11) is 2.13. The molecule has 0 aliphatic heterocycles. The topological polar surface area (TPSA) is 55.3 Å². The van der Waals surface area contributed by atoms with Crippen LogP contribution in [0, 0.1) is 5.92 Å². The van der Waals surface area contributed by atoms with Gasteiger partial charge in [-0.25, -0.2) is 0 Å². The monoisotopic (exact) mass is 219 g/mol. The summed E-state index contributed by atoms with van der Waals surface area (Å²) >= 11 is 0. The highest BCUT2D eigenvalue weighted by atomic mass is 15.1. The van der Waals surface area contributed by atoms with E-state index in [-0.39, 0.29) is 0 Å². The normalized spacial score (nSPS) is 16.6. The lowest BCUT2D eigenvalue weighted by Gasteiger charge is -2.23. The maximum atomic E-state index is 5.81. The van der Waals surface area contributed by atoms with Crippen molar-refractivity contribution in [3.63, 3.8) is 0 Å². The Morgan fingerprint density at radius 3 is 2.50 bits per heavy atom. The average molecular weight is 219 g/mol. The van der Waals surface area contributed by atoms with Gasteiger partial charge in [0.25, 0.3) is 0 Å². The van der Waals surface area contributed by atoms with Gasteiger partial charge in [-0.15, -0.1) is 0 Å². The van der Waals surface area contributed by atoms with E-state index in [4.69, 9.17) is 11.5 Å². The molecule has 1 fully saturated rings. The van der Waals surface area contributed by atoms with Crippen molar-refractivity contribution in [3.05, 3.63) is 18.2 Å². The number of nitrogens with two attached hydrogens (primary N) is 2. The number of nitrogen functional groups attached to an aromatic ring is 2. The van der Waals surface area contributed by atoms with Crippen molar-refractivity contribution < 1.29 is 0 Å². The second-order valence-corrected chi connectivity index (χ2v) is 4.84. The predicted octanol–water partition coefficient (Wildman–Crippen LogP) is 2.48. The Hall–Kier alpha value is -1.38. The maximum absolute atomic E-state index is 5.81. The Bertz CT molecular complexity index is 356. The van der Waals surface area contributed by atoms with Crippen molar-refractivity contribution in [3.8, 4) is 0 Å². The smallest absolute Gasteiger partial charge is 0.0568 e. The van der Waals surface area contributed by atoms with E-state index in [1.807, 2.05) is 18.2 Å². The molecule has 1 aromatic rings. The van der Waals surface area contributed by atoms with Crippen LogP contribution in [0.5, 0.6) is 0 Å². The fourth-order valence-corrected chi connectivity index (χ4v) is 2.49. The molecule has 0 spiro atoms. The van der Waals surface area contributed by atoms with Crippen molar-refractivity contribution in [1.29, 1.82) is 0 Å². The summed E-state index contributed by atoms with van der Waals surface area (Å²) in [5.74, 6) is 0.851. The highest BCUT2D eigenvalue weighted by Crippen LogP contribution is 2.28. The van der Waals surface area contributed by atoms with Crippen molar-refractivity contribution in [1.82, 2.24) is 0 Å². The molecule has 0 bridgehead atoms.